The van der Waals surface area contributed by atoms with Crippen LogP contribution in [0.1, 0.15) is 12.5 Å². The van der Waals surface area contributed by atoms with Gasteiger partial charge in [-0.05, 0) is 60.0 Å². The van der Waals surface area contributed by atoms with E-state index in [9.17, 15) is 4.79 Å². The Hall–Kier alpha value is -2.01. The Kier molecular flexibility index (Phi) is 6.09. The molecule has 0 spiro atoms. The summed E-state index contributed by atoms with van der Waals surface area (Å²) in [5.41, 5.74) is 1.24. The molecule has 0 aliphatic heterocycles. The Balaban J connectivity index is 1.66. The number of nitrogens with one attached hydrogen (secondary N) is 1. The zero-order valence-corrected chi connectivity index (χ0v) is 12.8. The zero-order chi connectivity index (χ0) is 14.9. The molecule has 0 saturated carbocycles. The first-order valence-electron chi connectivity index (χ1n) is 6.91. The van der Waals surface area contributed by atoms with Crippen LogP contribution in [0.5, 0.6) is 11.5 Å². The molecule has 0 bridgehead atoms. The molecule has 1 aromatic carbocycles. The van der Waals surface area contributed by atoms with Crippen molar-refractivity contribution in [3.8, 4) is 11.5 Å². The summed E-state index contributed by atoms with van der Waals surface area (Å²) in [5.74, 6) is 1.34. The van der Waals surface area contributed by atoms with Crippen LogP contribution >= 0.6 is 11.3 Å². The highest BCUT2D eigenvalue weighted by Crippen LogP contribution is 2.17. The quantitative estimate of drug-likeness (QED) is 0.816. The van der Waals surface area contributed by atoms with Crippen LogP contribution in [0.2, 0.25) is 0 Å². The van der Waals surface area contributed by atoms with Gasteiger partial charge in [-0.1, -0.05) is 0 Å². The van der Waals surface area contributed by atoms with E-state index < -0.39 is 0 Å². The Bertz CT molecular complexity index is 537. The Morgan fingerprint density at radius 1 is 1.14 bits per heavy atom. The number of carbonyl (C=O) groups excluding carboxylic acids is 1. The molecule has 0 fully saturated rings. The highest BCUT2D eigenvalue weighted by Gasteiger charge is 2.03. The van der Waals surface area contributed by atoms with Crippen molar-refractivity contribution in [2.24, 2.45) is 0 Å². The SMILES string of the molecule is CCOc1ccc(OCC(=O)NCCc2ccsc2)cc1. The lowest BCUT2D eigenvalue weighted by atomic mass is 10.2. The molecule has 2 aromatic rings. The third kappa shape index (κ3) is 5.47. The van der Waals surface area contributed by atoms with E-state index in [2.05, 4.69) is 16.8 Å². The van der Waals surface area contributed by atoms with Crippen LogP contribution in [0.3, 0.4) is 0 Å². The lowest BCUT2D eigenvalue weighted by molar-refractivity contribution is -0.123. The predicted octanol–water partition coefficient (Wildman–Crippen LogP) is 2.88. The molecule has 112 valence electrons. The minimum Gasteiger partial charge on any atom is -0.494 e. The number of rotatable bonds is 8. The zero-order valence-electron chi connectivity index (χ0n) is 12.0. The lowest BCUT2D eigenvalue weighted by Crippen LogP contribution is -2.30. The van der Waals surface area contributed by atoms with E-state index in [0.717, 1.165) is 12.2 Å². The molecule has 21 heavy (non-hydrogen) atoms. The minimum absolute atomic E-state index is 0.0254. The molecular formula is C16H19NO3S. The molecule has 0 atom stereocenters. The summed E-state index contributed by atoms with van der Waals surface area (Å²) in [6.07, 6.45) is 0.846. The van der Waals surface area contributed by atoms with E-state index in [1.807, 2.05) is 24.4 Å². The largest absolute Gasteiger partial charge is 0.494 e. The van der Waals surface area contributed by atoms with Crippen LogP contribution in [0, 0.1) is 0 Å². The van der Waals surface area contributed by atoms with Gasteiger partial charge in [0.15, 0.2) is 6.61 Å². The fraction of sp³-hybridized carbons (Fsp3) is 0.312. The average molecular weight is 305 g/mol. The second-order valence-corrected chi connectivity index (χ2v) is 5.20. The third-order valence-electron chi connectivity index (χ3n) is 2.82. The van der Waals surface area contributed by atoms with Crippen LogP contribution in [0.15, 0.2) is 41.1 Å². The molecule has 2 rings (SSSR count). The van der Waals surface area contributed by atoms with Crippen LogP contribution in [0.25, 0.3) is 0 Å². The summed E-state index contributed by atoms with van der Waals surface area (Å²) in [6.45, 7) is 3.22. The van der Waals surface area contributed by atoms with Gasteiger partial charge in [0.05, 0.1) is 6.61 Å². The molecule has 1 heterocycles. The van der Waals surface area contributed by atoms with Gasteiger partial charge in [0, 0.05) is 6.54 Å². The molecule has 1 aromatic heterocycles. The maximum atomic E-state index is 11.7. The van der Waals surface area contributed by atoms with Crippen molar-refractivity contribution in [3.05, 3.63) is 46.7 Å². The summed E-state index contributed by atoms with van der Waals surface area (Å²) in [7, 11) is 0. The Morgan fingerprint density at radius 2 is 1.86 bits per heavy atom. The maximum absolute atomic E-state index is 11.7. The van der Waals surface area contributed by atoms with Crippen LogP contribution in [-0.4, -0.2) is 25.7 Å². The second-order valence-electron chi connectivity index (χ2n) is 4.42. The van der Waals surface area contributed by atoms with E-state index in [1.54, 1.807) is 23.5 Å². The van der Waals surface area contributed by atoms with Gasteiger partial charge in [-0.3, -0.25) is 4.79 Å². The van der Waals surface area contributed by atoms with Gasteiger partial charge in [-0.15, -0.1) is 0 Å². The van der Waals surface area contributed by atoms with Crippen molar-refractivity contribution in [2.45, 2.75) is 13.3 Å². The first kappa shape index (κ1) is 15.4. The Labute approximate surface area is 128 Å². The van der Waals surface area contributed by atoms with Crippen molar-refractivity contribution in [1.29, 1.82) is 0 Å². The topological polar surface area (TPSA) is 47.6 Å². The maximum Gasteiger partial charge on any atom is 0.257 e. The van der Waals surface area contributed by atoms with Gasteiger partial charge >= 0.3 is 0 Å². The number of thiophene rings is 1. The second kappa shape index (κ2) is 8.32. The van der Waals surface area contributed by atoms with Crippen molar-refractivity contribution in [2.75, 3.05) is 19.8 Å². The van der Waals surface area contributed by atoms with E-state index in [1.165, 1.54) is 5.56 Å². The van der Waals surface area contributed by atoms with Crippen molar-refractivity contribution >= 4 is 17.2 Å². The van der Waals surface area contributed by atoms with Crippen molar-refractivity contribution in [3.63, 3.8) is 0 Å². The number of amides is 1. The van der Waals surface area contributed by atoms with Crippen LogP contribution in [-0.2, 0) is 11.2 Å². The predicted molar refractivity (Wildman–Crippen MR) is 84.1 cm³/mol. The molecule has 0 aliphatic carbocycles. The average Bonchev–Trinajstić information content (AvgIpc) is 3.00. The number of benzene rings is 1. The molecule has 1 N–H and O–H groups in total. The molecule has 0 saturated heterocycles. The molecule has 4 nitrogen and oxygen atoms in total. The molecule has 5 heteroatoms. The lowest BCUT2D eigenvalue weighted by Gasteiger charge is -2.08. The fourth-order valence-electron chi connectivity index (χ4n) is 1.78. The number of carbonyl (C=O) groups is 1. The van der Waals surface area contributed by atoms with Crippen LogP contribution in [0.4, 0.5) is 0 Å². The number of hydrogen-bond acceptors (Lipinski definition) is 4. The fourth-order valence-corrected chi connectivity index (χ4v) is 2.48. The van der Waals surface area contributed by atoms with E-state index >= 15 is 0 Å². The summed E-state index contributed by atoms with van der Waals surface area (Å²) >= 11 is 1.66. The van der Waals surface area contributed by atoms with Gasteiger partial charge in [0.2, 0.25) is 0 Å². The van der Waals surface area contributed by atoms with Gasteiger partial charge in [0.25, 0.3) is 5.91 Å². The van der Waals surface area contributed by atoms with Gasteiger partial charge in [-0.25, -0.2) is 0 Å². The van der Waals surface area contributed by atoms with Gasteiger partial charge in [-0.2, -0.15) is 11.3 Å². The first-order chi connectivity index (χ1) is 10.3. The molecule has 0 aliphatic rings. The first-order valence-corrected chi connectivity index (χ1v) is 7.85. The van der Waals surface area contributed by atoms with Crippen LogP contribution < -0.4 is 14.8 Å². The third-order valence-corrected chi connectivity index (χ3v) is 3.55. The monoisotopic (exact) mass is 305 g/mol. The minimum atomic E-state index is -0.112. The molecular weight excluding hydrogens is 286 g/mol. The molecule has 0 unspecified atom stereocenters. The number of hydrogen-bond donors (Lipinski definition) is 1. The van der Waals surface area contributed by atoms with Gasteiger partial charge in [0.1, 0.15) is 11.5 Å². The van der Waals surface area contributed by atoms with E-state index in [4.69, 9.17) is 9.47 Å². The Morgan fingerprint density at radius 3 is 2.48 bits per heavy atom. The van der Waals surface area contributed by atoms with Gasteiger partial charge < -0.3 is 14.8 Å². The van der Waals surface area contributed by atoms with Crippen molar-refractivity contribution in [1.82, 2.24) is 5.32 Å². The molecule has 0 radical (unpaired) electrons. The summed E-state index contributed by atoms with van der Waals surface area (Å²) in [4.78, 5) is 11.7. The van der Waals surface area contributed by atoms with Crippen molar-refractivity contribution < 1.29 is 14.3 Å². The number of ether oxygens (including phenoxy) is 2. The molecule has 1 amide bonds. The highest BCUT2D eigenvalue weighted by atomic mass is 32.1. The van der Waals surface area contributed by atoms with E-state index in [-0.39, 0.29) is 12.5 Å². The summed E-state index contributed by atoms with van der Waals surface area (Å²) in [5, 5.41) is 6.96. The summed E-state index contributed by atoms with van der Waals surface area (Å²) in [6, 6.07) is 9.31. The van der Waals surface area contributed by atoms with E-state index in [0.29, 0.717) is 18.9 Å². The standard InChI is InChI=1S/C16H19NO3S/c1-2-19-14-3-5-15(6-4-14)20-11-16(18)17-9-7-13-8-10-21-12-13/h3-6,8,10,12H,2,7,9,11H2,1H3,(H,17,18). The highest BCUT2D eigenvalue weighted by molar-refractivity contribution is 7.07. The summed E-state index contributed by atoms with van der Waals surface area (Å²) < 4.78 is 10.8. The normalized spacial score (nSPS) is 10.1. The smallest absolute Gasteiger partial charge is 0.257 e.